The van der Waals surface area contributed by atoms with Crippen LogP contribution in [0.15, 0.2) is 30.6 Å². The second-order valence-corrected chi connectivity index (χ2v) is 10.9. The second-order valence-electron chi connectivity index (χ2n) is 10.9. The van der Waals surface area contributed by atoms with Crippen molar-refractivity contribution in [2.75, 3.05) is 17.7 Å². The van der Waals surface area contributed by atoms with Crippen LogP contribution in [-0.4, -0.2) is 62.8 Å². The van der Waals surface area contributed by atoms with E-state index in [1.165, 1.54) is 6.20 Å². The van der Waals surface area contributed by atoms with Gasteiger partial charge in [-0.25, -0.2) is 9.37 Å². The van der Waals surface area contributed by atoms with Crippen LogP contribution in [-0.2, 0) is 9.31 Å². The molecule has 3 heterocycles. The summed E-state index contributed by atoms with van der Waals surface area (Å²) < 4.78 is 25.6. The molecule has 36 heavy (non-hydrogen) atoms. The first-order valence-corrected chi connectivity index (χ1v) is 12.1. The Labute approximate surface area is 210 Å². The zero-order valence-electron chi connectivity index (χ0n) is 21.3. The van der Waals surface area contributed by atoms with E-state index in [4.69, 9.17) is 15.0 Å². The quantitative estimate of drug-likeness (QED) is 0.458. The summed E-state index contributed by atoms with van der Waals surface area (Å²) in [6.07, 6.45) is 2.44. The first kappa shape index (κ1) is 26.5. The predicted molar refractivity (Wildman–Crippen MR) is 135 cm³/mol. The van der Waals surface area contributed by atoms with E-state index >= 15 is 0 Å². The van der Waals surface area contributed by atoms with Crippen LogP contribution >= 0.6 is 0 Å². The van der Waals surface area contributed by atoms with Crippen LogP contribution in [0.4, 0.5) is 15.8 Å². The molecule has 2 aliphatic rings. The van der Waals surface area contributed by atoms with E-state index in [1.54, 1.807) is 31.3 Å². The molecule has 4 atom stereocenters. The zero-order valence-corrected chi connectivity index (χ0v) is 21.3. The molecular formula is C25H34BFN4O5. The highest BCUT2D eigenvalue weighted by molar-refractivity contribution is 6.61. The number of nitrogen functional groups attached to an aromatic ring is 1. The van der Waals surface area contributed by atoms with Gasteiger partial charge in [-0.15, -0.1) is 0 Å². The summed E-state index contributed by atoms with van der Waals surface area (Å²) in [5, 5.41) is 23.8. The molecule has 11 heteroatoms. The summed E-state index contributed by atoms with van der Waals surface area (Å²) in [5.41, 5.74) is 4.97. The molecule has 194 valence electrons. The zero-order chi connectivity index (χ0) is 26.5. The van der Waals surface area contributed by atoms with E-state index in [1.807, 2.05) is 27.7 Å². The fourth-order valence-electron chi connectivity index (χ4n) is 4.81. The standard InChI is InChI=1S/C25H34BFN4O5/c1-14-10-15(11-19(32)25(14,34)13-27)16-8-9-29-12-18(16)30-22(33)21-17(28)6-7-20(31-21)26-35-23(2,3)24(4,5)36-26/h6-9,12,14-15,19,32,34H,10-11,13,28H2,1-5H3,(H,30,33)/t14-,15+,19+,25+/m0/s1. The summed E-state index contributed by atoms with van der Waals surface area (Å²) in [5.74, 6) is -1.24. The highest BCUT2D eigenvalue weighted by Crippen LogP contribution is 2.44. The number of nitrogens with two attached hydrogens (primary N) is 1. The van der Waals surface area contributed by atoms with Gasteiger partial charge < -0.3 is 30.6 Å². The van der Waals surface area contributed by atoms with Gasteiger partial charge in [-0.05, 0) is 76.1 Å². The van der Waals surface area contributed by atoms with Gasteiger partial charge in [-0.3, -0.25) is 9.78 Å². The molecule has 1 aliphatic heterocycles. The number of aliphatic hydroxyl groups is 2. The van der Waals surface area contributed by atoms with Crippen LogP contribution in [0.5, 0.6) is 0 Å². The van der Waals surface area contributed by atoms with Crippen LogP contribution in [0.25, 0.3) is 0 Å². The minimum Gasteiger partial charge on any atom is -0.398 e. The van der Waals surface area contributed by atoms with Crippen molar-refractivity contribution in [2.45, 2.75) is 76.3 Å². The normalized spacial score (nSPS) is 29.2. The van der Waals surface area contributed by atoms with Gasteiger partial charge >= 0.3 is 7.12 Å². The Hall–Kier alpha value is -2.60. The van der Waals surface area contributed by atoms with Gasteiger partial charge in [0.15, 0.2) is 5.69 Å². The van der Waals surface area contributed by atoms with E-state index in [0.29, 0.717) is 17.7 Å². The number of carbonyl (C=O) groups excluding carboxylic acids is 1. The van der Waals surface area contributed by atoms with Crippen molar-refractivity contribution in [1.82, 2.24) is 9.97 Å². The molecule has 0 unspecified atom stereocenters. The van der Waals surface area contributed by atoms with Crippen molar-refractivity contribution in [1.29, 1.82) is 0 Å². The molecule has 2 aromatic heterocycles. The lowest BCUT2D eigenvalue weighted by molar-refractivity contribution is -0.146. The van der Waals surface area contributed by atoms with Gasteiger partial charge in [0, 0.05) is 6.20 Å². The number of amides is 1. The first-order valence-electron chi connectivity index (χ1n) is 12.1. The van der Waals surface area contributed by atoms with E-state index in [0.717, 1.165) is 5.56 Å². The van der Waals surface area contributed by atoms with Crippen LogP contribution < -0.4 is 16.6 Å². The number of aliphatic hydroxyl groups excluding tert-OH is 1. The van der Waals surface area contributed by atoms with Crippen LogP contribution in [0, 0.1) is 5.92 Å². The smallest absolute Gasteiger partial charge is 0.398 e. The van der Waals surface area contributed by atoms with Gasteiger partial charge in [-0.1, -0.05) is 6.92 Å². The summed E-state index contributed by atoms with van der Waals surface area (Å²) in [6, 6.07) is 5.00. The summed E-state index contributed by atoms with van der Waals surface area (Å²) in [6.45, 7) is 8.41. The van der Waals surface area contributed by atoms with E-state index in [2.05, 4.69) is 15.3 Å². The molecule has 2 fully saturated rings. The largest absolute Gasteiger partial charge is 0.514 e. The fraction of sp³-hybridized carbons (Fsp3) is 0.560. The Bertz CT molecular complexity index is 1120. The van der Waals surface area contributed by atoms with Gasteiger partial charge in [-0.2, -0.15) is 0 Å². The SMILES string of the molecule is C[C@H]1C[C@@H](c2ccncc2NC(=O)c2nc(B3OC(C)(C)C(C)(C)O3)ccc2N)C[C@@H](O)[C@@]1(O)CF. The van der Waals surface area contributed by atoms with Crippen molar-refractivity contribution in [3.63, 3.8) is 0 Å². The van der Waals surface area contributed by atoms with Gasteiger partial charge in [0.2, 0.25) is 0 Å². The maximum absolute atomic E-state index is 13.5. The third-order valence-electron chi connectivity index (χ3n) is 7.99. The topological polar surface area (TPSA) is 140 Å². The number of aromatic nitrogens is 2. The number of rotatable bonds is 5. The molecule has 1 saturated heterocycles. The van der Waals surface area contributed by atoms with E-state index < -0.39 is 48.5 Å². The van der Waals surface area contributed by atoms with E-state index in [9.17, 15) is 19.4 Å². The maximum Gasteiger partial charge on any atom is 0.514 e. The minimum absolute atomic E-state index is 0.0147. The maximum atomic E-state index is 13.5. The number of nitrogens with one attached hydrogen (secondary N) is 1. The van der Waals surface area contributed by atoms with Crippen LogP contribution in [0.2, 0.25) is 0 Å². The summed E-state index contributed by atoms with van der Waals surface area (Å²) in [7, 11) is -0.754. The number of pyridine rings is 2. The Morgan fingerprint density at radius 2 is 1.89 bits per heavy atom. The number of alkyl halides is 1. The highest BCUT2D eigenvalue weighted by atomic mass is 19.1. The van der Waals surface area contributed by atoms with Crippen LogP contribution in [0.3, 0.4) is 0 Å². The van der Waals surface area contributed by atoms with Crippen molar-refractivity contribution in [2.24, 2.45) is 5.92 Å². The van der Waals surface area contributed by atoms with Crippen molar-refractivity contribution in [3.8, 4) is 0 Å². The second kappa shape index (κ2) is 9.37. The molecular weight excluding hydrogens is 466 g/mol. The Morgan fingerprint density at radius 3 is 2.50 bits per heavy atom. The molecule has 0 bridgehead atoms. The molecule has 0 spiro atoms. The molecule has 4 rings (SSSR count). The lowest BCUT2D eigenvalue weighted by Crippen LogP contribution is -2.53. The number of halogens is 1. The molecule has 1 amide bonds. The average Bonchev–Trinajstić information content (AvgIpc) is 3.04. The monoisotopic (exact) mass is 500 g/mol. The Balaban J connectivity index is 1.57. The summed E-state index contributed by atoms with van der Waals surface area (Å²) in [4.78, 5) is 21.8. The molecule has 5 N–H and O–H groups in total. The van der Waals surface area contributed by atoms with Crippen molar-refractivity contribution < 1.29 is 28.7 Å². The Kier molecular flexibility index (Phi) is 6.89. The van der Waals surface area contributed by atoms with Crippen LogP contribution in [0.1, 0.15) is 69.4 Å². The summed E-state index contributed by atoms with van der Waals surface area (Å²) >= 11 is 0. The number of hydrogen-bond acceptors (Lipinski definition) is 8. The predicted octanol–water partition coefficient (Wildman–Crippen LogP) is 2.19. The van der Waals surface area contributed by atoms with Gasteiger partial charge in [0.05, 0.1) is 40.5 Å². The minimum atomic E-state index is -1.78. The van der Waals surface area contributed by atoms with Crippen molar-refractivity contribution in [3.05, 3.63) is 41.9 Å². The third-order valence-corrected chi connectivity index (χ3v) is 7.99. The first-order chi connectivity index (χ1) is 16.8. The van der Waals surface area contributed by atoms with E-state index in [-0.39, 0.29) is 23.7 Å². The average molecular weight is 500 g/mol. The lowest BCUT2D eigenvalue weighted by Gasteiger charge is -2.43. The highest BCUT2D eigenvalue weighted by Gasteiger charge is 2.52. The third kappa shape index (κ3) is 4.60. The number of anilines is 2. The molecule has 0 radical (unpaired) electrons. The van der Waals surface area contributed by atoms with Gasteiger partial charge in [0.25, 0.3) is 5.91 Å². The molecule has 2 aromatic rings. The molecule has 0 aromatic carbocycles. The van der Waals surface area contributed by atoms with Crippen molar-refractivity contribution >= 4 is 30.0 Å². The van der Waals surface area contributed by atoms with Gasteiger partial charge in [0.1, 0.15) is 12.3 Å². The Morgan fingerprint density at radius 1 is 1.22 bits per heavy atom. The number of nitrogens with zero attached hydrogens (tertiary/aromatic N) is 2. The lowest BCUT2D eigenvalue weighted by atomic mass is 9.68. The number of hydrogen-bond donors (Lipinski definition) is 4. The fourth-order valence-corrected chi connectivity index (χ4v) is 4.81. The molecule has 9 nitrogen and oxygen atoms in total. The molecule has 1 aliphatic carbocycles. The molecule has 1 saturated carbocycles. The number of carbonyl (C=O) groups is 1.